The first-order chi connectivity index (χ1) is 8.76. The molecule has 90 valence electrons. The number of hydrogen-bond acceptors (Lipinski definition) is 2. The molecule has 3 aromatic rings. The fraction of sp³-hybridized carbons (Fsp3) is 0.0714. The normalized spacial score (nSPS) is 11.0. The van der Waals surface area contributed by atoms with E-state index in [1.54, 1.807) is 0 Å². The summed E-state index contributed by atoms with van der Waals surface area (Å²) >= 11 is 11.6. The Hall–Kier alpha value is -1.51. The molecule has 0 atom stereocenters. The summed E-state index contributed by atoms with van der Waals surface area (Å²) in [4.78, 5) is 4.44. The predicted octanol–water partition coefficient (Wildman–Crippen LogP) is 4.89. The van der Waals surface area contributed by atoms with E-state index in [-0.39, 0.29) is 0 Å². The first-order valence-corrected chi connectivity index (χ1v) is 6.39. The van der Waals surface area contributed by atoms with Crippen molar-refractivity contribution in [3.8, 4) is 11.5 Å². The fourth-order valence-corrected chi connectivity index (χ4v) is 2.06. The average Bonchev–Trinajstić information content (AvgIpc) is 2.82. The molecular weight excluding hydrogens is 269 g/mol. The molecule has 0 aliphatic heterocycles. The third-order valence-corrected chi connectivity index (χ3v) is 3.26. The van der Waals surface area contributed by atoms with Gasteiger partial charge in [-0.25, -0.2) is 4.98 Å². The van der Waals surface area contributed by atoms with Crippen molar-refractivity contribution in [2.24, 2.45) is 0 Å². The third-order valence-electron chi connectivity index (χ3n) is 2.70. The van der Waals surface area contributed by atoms with Crippen molar-refractivity contribution in [1.82, 2.24) is 4.98 Å². The van der Waals surface area contributed by atoms with Crippen LogP contribution < -0.4 is 0 Å². The van der Waals surface area contributed by atoms with Gasteiger partial charge in [-0.1, -0.05) is 17.7 Å². The summed E-state index contributed by atoms with van der Waals surface area (Å²) < 4.78 is 5.72. The van der Waals surface area contributed by atoms with Crippen LogP contribution in [-0.4, -0.2) is 4.98 Å². The van der Waals surface area contributed by atoms with E-state index in [0.29, 0.717) is 16.8 Å². The molecule has 0 fully saturated rings. The molecule has 18 heavy (non-hydrogen) atoms. The Morgan fingerprint density at radius 3 is 2.56 bits per heavy atom. The molecule has 0 N–H and O–H groups in total. The number of halogens is 2. The number of nitrogens with zero attached hydrogens (tertiary/aromatic N) is 1. The molecule has 0 amide bonds. The van der Waals surface area contributed by atoms with Crippen LogP contribution in [0.4, 0.5) is 0 Å². The molecule has 0 saturated carbocycles. The smallest absolute Gasteiger partial charge is 0.227 e. The van der Waals surface area contributed by atoms with Crippen LogP contribution in [0.1, 0.15) is 5.56 Å². The molecule has 2 aromatic carbocycles. The number of fused-ring (bicyclic) bond motifs is 1. The maximum absolute atomic E-state index is 5.85. The molecule has 0 radical (unpaired) electrons. The molecule has 0 saturated heterocycles. The van der Waals surface area contributed by atoms with E-state index in [9.17, 15) is 0 Å². The highest BCUT2D eigenvalue weighted by Gasteiger charge is 2.08. The summed E-state index contributed by atoms with van der Waals surface area (Å²) in [6, 6.07) is 13.2. The van der Waals surface area contributed by atoms with E-state index in [0.717, 1.165) is 22.2 Å². The van der Waals surface area contributed by atoms with Gasteiger partial charge in [0.2, 0.25) is 5.89 Å². The van der Waals surface area contributed by atoms with Crippen molar-refractivity contribution in [2.45, 2.75) is 5.88 Å². The van der Waals surface area contributed by atoms with Gasteiger partial charge >= 0.3 is 0 Å². The molecular formula is C14H9Cl2NO. The van der Waals surface area contributed by atoms with Crippen LogP contribution in [0.5, 0.6) is 0 Å². The summed E-state index contributed by atoms with van der Waals surface area (Å²) in [5, 5.41) is 0.694. The van der Waals surface area contributed by atoms with E-state index in [1.165, 1.54) is 0 Å². The van der Waals surface area contributed by atoms with Gasteiger partial charge in [0.15, 0.2) is 5.58 Å². The number of benzene rings is 2. The van der Waals surface area contributed by atoms with Gasteiger partial charge in [0.05, 0.1) is 0 Å². The van der Waals surface area contributed by atoms with Gasteiger partial charge < -0.3 is 4.42 Å². The van der Waals surface area contributed by atoms with Crippen LogP contribution in [0.15, 0.2) is 46.9 Å². The van der Waals surface area contributed by atoms with Gasteiger partial charge in [0.25, 0.3) is 0 Å². The van der Waals surface area contributed by atoms with Gasteiger partial charge in [-0.2, -0.15) is 0 Å². The molecule has 0 unspecified atom stereocenters. The minimum absolute atomic E-state index is 0.465. The SMILES string of the molecule is ClCc1ccc2nc(-c3ccc(Cl)cc3)oc2c1. The average molecular weight is 278 g/mol. The summed E-state index contributed by atoms with van der Waals surface area (Å²) in [7, 11) is 0. The topological polar surface area (TPSA) is 26.0 Å². The Bertz CT molecular complexity index is 689. The lowest BCUT2D eigenvalue weighted by molar-refractivity contribution is 0.619. The Labute approximate surface area is 114 Å². The molecule has 1 heterocycles. The maximum Gasteiger partial charge on any atom is 0.227 e. The first kappa shape index (κ1) is 11.6. The second-order valence-corrected chi connectivity index (χ2v) is 4.67. The zero-order valence-corrected chi connectivity index (χ0v) is 10.9. The summed E-state index contributed by atoms with van der Waals surface area (Å²) in [6.07, 6.45) is 0. The highest BCUT2D eigenvalue weighted by Crippen LogP contribution is 2.26. The van der Waals surface area contributed by atoms with Crippen LogP contribution in [0.2, 0.25) is 5.02 Å². The van der Waals surface area contributed by atoms with Crippen molar-refractivity contribution in [1.29, 1.82) is 0 Å². The number of rotatable bonds is 2. The molecule has 0 bridgehead atoms. The van der Waals surface area contributed by atoms with E-state index < -0.39 is 0 Å². The van der Waals surface area contributed by atoms with E-state index in [4.69, 9.17) is 27.6 Å². The molecule has 0 spiro atoms. The van der Waals surface area contributed by atoms with E-state index in [1.807, 2.05) is 42.5 Å². The second kappa shape index (κ2) is 4.63. The summed E-state index contributed by atoms with van der Waals surface area (Å²) in [5.74, 6) is 1.06. The number of hydrogen-bond donors (Lipinski definition) is 0. The van der Waals surface area contributed by atoms with Gasteiger partial charge in [-0.15, -0.1) is 11.6 Å². The quantitative estimate of drug-likeness (QED) is 0.624. The monoisotopic (exact) mass is 277 g/mol. The Balaban J connectivity index is 2.10. The standard InChI is InChI=1S/C14H9Cl2NO/c15-8-9-1-6-12-13(7-9)18-14(17-12)10-2-4-11(16)5-3-10/h1-7H,8H2. The number of oxazole rings is 1. The van der Waals surface area contributed by atoms with Gasteiger partial charge in [0, 0.05) is 16.5 Å². The van der Waals surface area contributed by atoms with Crippen molar-refractivity contribution in [3.63, 3.8) is 0 Å². The van der Waals surface area contributed by atoms with Crippen molar-refractivity contribution in [2.75, 3.05) is 0 Å². The molecule has 2 nitrogen and oxygen atoms in total. The Morgan fingerprint density at radius 2 is 1.83 bits per heavy atom. The lowest BCUT2D eigenvalue weighted by Gasteiger charge is -1.94. The van der Waals surface area contributed by atoms with Crippen molar-refractivity contribution < 1.29 is 4.42 Å². The van der Waals surface area contributed by atoms with Crippen LogP contribution in [0, 0.1) is 0 Å². The Kier molecular flexibility index (Phi) is 2.98. The third kappa shape index (κ3) is 2.09. The lowest BCUT2D eigenvalue weighted by Crippen LogP contribution is -1.76. The van der Waals surface area contributed by atoms with Crippen LogP contribution in [0.25, 0.3) is 22.6 Å². The molecule has 0 aliphatic rings. The zero-order chi connectivity index (χ0) is 12.5. The van der Waals surface area contributed by atoms with Gasteiger partial charge in [-0.3, -0.25) is 0 Å². The first-order valence-electron chi connectivity index (χ1n) is 5.47. The molecule has 3 rings (SSSR count). The lowest BCUT2D eigenvalue weighted by atomic mass is 10.2. The maximum atomic E-state index is 5.85. The zero-order valence-electron chi connectivity index (χ0n) is 9.36. The summed E-state index contributed by atoms with van der Waals surface area (Å²) in [5.41, 5.74) is 3.50. The van der Waals surface area contributed by atoms with Crippen LogP contribution in [0.3, 0.4) is 0 Å². The molecule has 0 aliphatic carbocycles. The number of aromatic nitrogens is 1. The fourth-order valence-electron chi connectivity index (χ4n) is 1.77. The Morgan fingerprint density at radius 1 is 1.06 bits per heavy atom. The van der Waals surface area contributed by atoms with Crippen molar-refractivity contribution >= 4 is 34.3 Å². The highest BCUT2D eigenvalue weighted by atomic mass is 35.5. The van der Waals surface area contributed by atoms with Gasteiger partial charge in [-0.05, 0) is 42.0 Å². The van der Waals surface area contributed by atoms with E-state index in [2.05, 4.69) is 4.98 Å². The van der Waals surface area contributed by atoms with Gasteiger partial charge in [0.1, 0.15) is 5.52 Å². The van der Waals surface area contributed by atoms with Crippen molar-refractivity contribution in [3.05, 3.63) is 53.1 Å². The number of alkyl halides is 1. The predicted molar refractivity (Wildman–Crippen MR) is 74.0 cm³/mol. The molecule has 1 aromatic heterocycles. The van der Waals surface area contributed by atoms with Crippen LogP contribution in [-0.2, 0) is 5.88 Å². The van der Waals surface area contributed by atoms with Crippen LogP contribution >= 0.6 is 23.2 Å². The highest BCUT2D eigenvalue weighted by molar-refractivity contribution is 6.30. The largest absolute Gasteiger partial charge is 0.436 e. The minimum atomic E-state index is 0.465. The summed E-state index contributed by atoms with van der Waals surface area (Å²) in [6.45, 7) is 0. The molecule has 4 heteroatoms. The second-order valence-electron chi connectivity index (χ2n) is 3.96. The van der Waals surface area contributed by atoms with E-state index >= 15 is 0 Å². The minimum Gasteiger partial charge on any atom is -0.436 e.